The Bertz CT molecular complexity index is 769. The molecule has 23 heavy (non-hydrogen) atoms. The number of nitrogens with zero attached hydrogens (tertiary/aromatic N) is 3. The maximum atomic E-state index is 12.6. The lowest BCUT2D eigenvalue weighted by molar-refractivity contribution is -0.128. The molecular weight excluding hydrogens is 337 g/mol. The third-order valence-electron chi connectivity index (χ3n) is 4.92. The van der Waals surface area contributed by atoms with Gasteiger partial charge in [0.05, 0.1) is 5.41 Å². The standard InChI is InChI=1S/C16H15Cl2N3O2/c17-11-8-12(18)20-15(19-11)13-9-4-3-7-16(14(9)23-21-13)6-2-1-5-10(16)22/h8H,1-7H2/t16-/m1/s1. The van der Waals surface area contributed by atoms with Crippen LogP contribution in [0, 0.1) is 0 Å². The van der Waals surface area contributed by atoms with Gasteiger partial charge in [-0.2, -0.15) is 0 Å². The Balaban J connectivity index is 1.84. The lowest BCUT2D eigenvalue weighted by atomic mass is 9.64. The van der Waals surface area contributed by atoms with E-state index in [1.165, 1.54) is 6.07 Å². The summed E-state index contributed by atoms with van der Waals surface area (Å²) in [5.74, 6) is 1.34. The predicted octanol–water partition coefficient (Wildman–Crippen LogP) is 4.16. The van der Waals surface area contributed by atoms with Gasteiger partial charge < -0.3 is 4.52 Å². The van der Waals surface area contributed by atoms with Gasteiger partial charge in [-0.1, -0.05) is 34.8 Å². The third-order valence-corrected chi connectivity index (χ3v) is 5.31. The number of ketones is 1. The van der Waals surface area contributed by atoms with E-state index in [1.807, 2.05) is 0 Å². The number of Topliss-reactive ketones (excluding diaryl/α,β-unsaturated/α-hetero) is 1. The molecular formula is C16H15Cl2N3O2. The van der Waals surface area contributed by atoms with Crippen LogP contribution in [0.2, 0.25) is 10.3 Å². The molecule has 1 atom stereocenters. The number of carbonyl (C=O) groups excluding carboxylic acids is 1. The van der Waals surface area contributed by atoms with Gasteiger partial charge >= 0.3 is 0 Å². The highest BCUT2D eigenvalue weighted by Crippen LogP contribution is 2.47. The molecule has 4 rings (SSSR count). The van der Waals surface area contributed by atoms with E-state index < -0.39 is 5.41 Å². The van der Waals surface area contributed by atoms with Crippen molar-refractivity contribution in [1.29, 1.82) is 0 Å². The molecule has 2 heterocycles. The van der Waals surface area contributed by atoms with E-state index in [0.717, 1.165) is 44.1 Å². The molecule has 120 valence electrons. The molecule has 2 aromatic rings. The fraction of sp³-hybridized carbons (Fsp3) is 0.500. The van der Waals surface area contributed by atoms with Crippen molar-refractivity contribution in [3.63, 3.8) is 0 Å². The van der Waals surface area contributed by atoms with Gasteiger partial charge in [-0.05, 0) is 32.1 Å². The monoisotopic (exact) mass is 351 g/mol. The Hall–Kier alpha value is -1.46. The highest BCUT2D eigenvalue weighted by atomic mass is 35.5. The predicted molar refractivity (Wildman–Crippen MR) is 85.6 cm³/mol. The summed E-state index contributed by atoms with van der Waals surface area (Å²) in [5.41, 5.74) is 0.992. The second-order valence-corrected chi connectivity index (χ2v) is 7.02. The minimum Gasteiger partial charge on any atom is -0.359 e. The van der Waals surface area contributed by atoms with Crippen LogP contribution in [0.1, 0.15) is 49.8 Å². The van der Waals surface area contributed by atoms with Crippen molar-refractivity contribution < 1.29 is 9.32 Å². The van der Waals surface area contributed by atoms with Crippen molar-refractivity contribution in [3.8, 4) is 11.5 Å². The smallest absolute Gasteiger partial charge is 0.184 e. The molecule has 1 spiro atoms. The van der Waals surface area contributed by atoms with Gasteiger partial charge in [0.1, 0.15) is 16.1 Å². The lowest BCUT2D eigenvalue weighted by Crippen LogP contribution is -2.41. The summed E-state index contributed by atoms with van der Waals surface area (Å²) in [6, 6.07) is 1.48. The second-order valence-electron chi connectivity index (χ2n) is 6.24. The zero-order valence-electron chi connectivity index (χ0n) is 12.4. The van der Waals surface area contributed by atoms with E-state index in [4.69, 9.17) is 27.7 Å². The first kappa shape index (κ1) is 15.1. The first-order chi connectivity index (χ1) is 11.1. The summed E-state index contributed by atoms with van der Waals surface area (Å²) in [5, 5.41) is 4.69. The molecule has 0 N–H and O–H groups in total. The lowest BCUT2D eigenvalue weighted by Gasteiger charge is -2.36. The van der Waals surface area contributed by atoms with Crippen LogP contribution in [-0.4, -0.2) is 20.9 Å². The van der Waals surface area contributed by atoms with Crippen molar-refractivity contribution in [1.82, 2.24) is 15.1 Å². The largest absolute Gasteiger partial charge is 0.359 e. The van der Waals surface area contributed by atoms with E-state index in [9.17, 15) is 4.79 Å². The molecule has 1 fully saturated rings. The van der Waals surface area contributed by atoms with Crippen LogP contribution < -0.4 is 0 Å². The minimum atomic E-state index is -0.501. The van der Waals surface area contributed by atoms with Crippen molar-refractivity contribution in [3.05, 3.63) is 27.7 Å². The molecule has 0 saturated heterocycles. The van der Waals surface area contributed by atoms with Crippen molar-refractivity contribution >= 4 is 29.0 Å². The number of halogens is 2. The van der Waals surface area contributed by atoms with Crippen LogP contribution in [-0.2, 0) is 16.6 Å². The second kappa shape index (κ2) is 5.56. The number of aromatic nitrogens is 3. The normalized spacial score (nSPS) is 24.0. The summed E-state index contributed by atoms with van der Waals surface area (Å²) >= 11 is 11.9. The van der Waals surface area contributed by atoms with Gasteiger partial charge in [-0.3, -0.25) is 4.79 Å². The fourth-order valence-electron chi connectivity index (χ4n) is 3.87. The quantitative estimate of drug-likeness (QED) is 0.721. The Morgan fingerprint density at radius 1 is 1.04 bits per heavy atom. The average Bonchev–Trinajstić information content (AvgIpc) is 2.95. The molecule has 0 radical (unpaired) electrons. The highest BCUT2D eigenvalue weighted by molar-refractivity contribution is 6.33. The van der Waals surface area contributed by atoms with Gasteiger partial charge in [0.25, 0.3) is 0 Å². The molecule has 0 aliphatic heterocycles. The average molecular weight is 352 g/mol. The van der Waals surface area contributed by atoms with E-state index in [0.29, 0.717) is 23.7 Å². The number of fused-ring (bicyclic) bond motifs is 2. The summed E-state index contributed by atoms with van der Waals surface area (Å²) in [6.45, 7) is 0. The molecule has 0 unspecified atom stereocenters. The summed E-state index contributed by atoms with van der Waals surface area (Å²) in [4.78, 5) is 21.0. The van der Waals surface area contributed by atoms with Gasteiger partial charge in [-0.15, -0.1) is 0 Å². The van der Waals surface area contributed by atoms with Crippen LogP contribution in [0.4, 0.5) is 0 Å². The van der Waals surface area contributed by atoms with Crippen molar-refractivity contribution in [2.75, 3.05) is 0 Å². The van der Waals surface area contributed by atoms with Gasteiger partial charge in [0.15, 0.2) is 17.3 Å². The van der Waals surface area contributed by atoms with Crippen LogP contribution in [0.25, 0.3) is 11.5 Å². The SMILES string of the molecule is O=C1CCCC[C@@]12CCCc1c(-c3nc(Cl)cc(Cl)n3)noc12. The number of carbonyl (C=O) groups is 1. The Morgan fingerprint density at radius 2 is 1.78 bits per heavy atom. The van der Waals surface area contributed by atoms with Gasteiger partial charge in [0.2, 0.25) is 0 Å². The van der Waals surface area contributed by atoms with Crippen molar-refractivity contribution in [2.24, 2.45) is 0 Å². The number of hydrogen-bond acceptors (Lipinski definition) is 5. The molecule has 5 nitrogen and oxygen atoms in total. The Kier molecular flexibility index (Phi) is 3.65. The summed E-state index contributed by atoms with van der Waals surface area (Å²) in [6.07, 6.45) is 6.03. The van der Waals surface area contributed by atoms with Gasteiger partial charge in [-0.25, -0.2) is 9.97 Å². The van der Waals surface area contributed by atoms with E-state index in [-0.39, 0.29) is 16.1 Å². The van der Waals surface area contributed by atoms with Crippen molar-refractivity contribution in [2.45, 2.75) is 50.4 Å². The fourth-order valence-corrected chi connectivity index (χ4v) is 4.29. The molecule has 0 bridgehead atoms. The van der Waals surface area contributed by atoms with Crippen LogP contribution in [0.15, 0.2) is 10.6 Å². The summed E-state index contributed by atoms with van der Waals surface area (Å²) in [7, 11) is 0. The Labute approximate surface area is 143 Å². The number of rotatable bonds is 1. The van der Waals surface area contributed by atoms with Crippen LogP contribution >= 0.6 is 23.2 Å². The molecule has 0 aromatic carbocycles. The molecule has 2 aromatic heterocycles. The van der Waals surface area contributed by atoms with E-state index >= 15 is 0 Å². The number of hydrogen-bond donors (Lipinski definition) is 0. The van der Waals surface area contributed by atoms with Crippen LogP contribution in [0.5, 0.6) is 0 Å². The zero-order chi connectivity index (χ0) is 16.0. The molecule has 7 heteroatoms. The Morgan fingerprint density at radius 3 is 2.52 bits per heavy atom. The minimum absolute atomic E-state index is 0.260. The first-order valence-corrected chi connectivity index (χ1v) is 8.58. The molecule has 0 amide bonds. The van der Waals surface area contributed by atoms with Crippen LogP contribution in [0.3, 0.4) is 0 Å². The molecule has 2 aliphatic carbocycles. The maximum Gasteiger partial charge on any atom is 0.184 e. The van der Waals surface area contributed by atoms with E-state index in [2.05, 4.69) is 15.1 Å². The van der Waals surface area contributed by atoms with Gasteiger partial charge in [0, 0.05) is 18.1 Å². The summed E-state index contributed by atoms with van der Waals surface area (Å²) < 4.78 is 5.65. The topological polar surface area (TPSA) is 68.9 Å². The first-order valence-electron chi connectivity index (χ1n) is 7.83. The molecule has 1 saturated carbocycles. The molecule has 2 aliphatic rings. The van der Waals surface area contributed by atoms with E-state index in [1.54, 1.807) is 0 Å². The maximum absolute atomic E-state index is 12.6. The zero-order valence-corrected chi connectivity index (χ0v) is 14.0. The third kappa shape index (κ3) is 2.37. The highest BCUT2D eigenvalue weighted by Gasteiger charge is 2.48.